The highest BCUT2D eigenvalue weighted by molar-refractivity contribution is 7.92. The van der Waals surface area contributed by atoms with E-state index in [0.717, 1.165) is 36.8 Å². The minimum Gasteiger partial charge on any atom is -0.322 e. The third-order valence-corrected chi connectivity index (χ3v) is 7.23. The molecule has 1 saturated carbocycles. The summed E-state index contributed by atoms with van der Waals surface area (Å²) in [5.74, 6) is 1.14. The number of hydrogen-bond acceptors (Lipinski definition) is 8. The lowest BCUT2D eigenvalue weighted by Gasteiger charge is -2.05. The SMILES string of the molecule is CC(=O)NS(=O)(=O)c1ccc(-c2ncc(Cl)c(Nc3cc(C4CC4)[nH]n3)n2)s1. The number of H-pyrrole nitrogens is 1. The van der Waals surface area contributed by atoms with Gasteiger partial charge in [-0.3, -0.25) is 9.89 Å². The Hall–Kier alpha value is -2.50. The molecule has 9 nitrogen and oxygen atoms in total. The predicted molar refractivity (Wildman–Crippen MR) is 105 cm³/mol. The number of aromatic nitrogens is 4. The summed E-state index contributed by atoms with van der Waals surface area (Å²) in [4.78, 5) is 20.1. The van der Waals surface area contributed by atoms with E-state index in [-0.39, 0.29) is 4.21 Å². The van der Waals surface area contributed by atoms with Gasteiger partial charge in [0, 0.05) is 24.6 Å². The van der Waals surface area contributed by atoms with E-state index >= 15 is 0 Å². The second-order valence-corrected chi connectivity index (χ2v) is 9.68. The topological polar surface area (TPSA) is 130 Å². The molecular weight excluding hydrogens is 424 g/mol. The van der Waals surface area contributed by atoms with Crippen molar-refractivity contribution in [1.82, 2.24) is 24.9 Å². The maximum Gasteiger partial charge on any atom is 0.273 e. The summed E-state index contributed by atoms with van der Waals surface area (Å²) in [6.07, 6.45) is 3.74. The fourth-order valence-corrected chi connectivity index (χ4v) is 4.90. The first-order valence-electron chi connectivity index (χ1n) is 8.30. The van der Waals surface area contributed by atoms with Crippen molar-refractivity contribution >= 4 is 50.5 Å². The van der Waals surface area contributed by atoms with Gasteiger partial charge in [-0.05, 0) is 25.0 Å². The molecule has 0 saturated heterocycles. The van der Waals surface area contributed by atoms with E-state index < -0.39 is 15.9 Å². The van der Waals surface area contributed by atoms with Crippen molar-refractivity contribution in [3.05, 3.63) is 35.1 Å². The third-order valence-electron chi connectivity index (χ3n) is 3.95. The lowest BCUT2D eigenvalue weighted by molar-refractivity contribution is -0.117. The Bertz CT molecular complexity index is 1150. The Labute approximate surface area is 169 Å². The molecule has 12 heteroatoms. The summed E-state index contributed by atoms with van der Waals surface area (Å²) in [5, 5.41) is 10.6. The van der Waals surface area contributed by atoms with Crippen LogP contribution in [0.2, 0.25) is 5.02 Å². The maximum absolute atomic E-state index is 12.1. The second-order valence-electron chi connectivity index (χ2n) is 6.28. The molecule has 0 bridgehead atoms. The molecule has 28 heavy (non-hydrogen) atoms. The number of sulfonamides is 1. The van der Waals surface area contributed by atoms with E-state index in [1.54, 1.807) is 6.07 Å². The summed E-state index contributed by atoms with van der Waals surface area (Å²) >= 11 is 7.14. The molecule has 0 unspecified atom stereocenters. The molecule has 3 heterocycles. The van der Waals surface area contributed by atoms with Crippen molar-refractivity contribution in [2.45, 2.75) is 29.9 Å². The van der Waals surface area contributed by atoms with Gasteiger partial charge >= 0.3 is 0 Å². The van der Waals surface area contributed by atoms with Crippen LogP contribution < -0.4 is 10.0 Å². The smallest absolute Gasteiger partial charge is 0.273 e. The Morgan fingerprint density at radius 1 is 1.36 bits per heavy atom. The largest absolute Gasteiger partial charge is 0.322 e. The predicted octanol–water partition coefficient (Wildman–Crippen LogP) is 3.03. The van der Waals surface area contributed by atoms with E-state index in [2.05, 4.69) is 25.5 Å². The van der Waals surface area contributed by atoms with Crippen molar-refractivity contribution in [3.63, 3.8) is 0 Å². The van der Waals surface area contributed by atoms with Crippen LogP contribution in [0.5, 0.6) is 0 Å². The van der Waals surface area contributed by atoms with E-state index in [1.807, 2.05) is 10.8 Å². The average Bonchev–Trinajstić information content (AvgIpc) is 3.16. The van der Waals surface area contributed by atoms with Gasteiger partial charge < -0.3 is 5.32 Å². The minimum atomic E-state index is -3.91. The molecule has 146 valence electrons. The number of halogens is 1. The number of anilines is 2. The molecule has 0 spiro atoms. The zero-order valence-electron chi connectivity index (χ0n) is 14.6. The number of carbonyl (C=O) groups excluding carboxylic acids is 1. The van der Waals surface area contributed by atoms with Crippen LogP contribution in [0, 0.1) is 0 Å². The fourth-order valence-electron chi connectivity index (χ4n) is 2.52. The van der Waals surface area contributed by atoms with Crippen molar-refractivity contribution in [2.24, 2.45) is 0 Å². The van der Waals surface area contributed by atoms with Crippen LogP contribution in [0.3, 0.4) is 0 Å². The number of hydrogen-bond donors (Lipinski definition) is 3. The normalized spacial score (nSPS) is 14.1. The molecule has 0 aromatic carbocycles. The number of amides is 1. The molecule has 3 aromatic heterocycles. The van der Waals surface area contributed by atoms with Crippen molar-refractivity contribution in [2.75, 3.05) is 5.32 Å². The highest BCUT2D eigenvalue weighted by atomic mass is 35.5. The van der Waals surface area contributed by atoms with Gasteiger partial charge in [0.1, 0.15) is 9.23 Å². The third kappa shape index (κ3) is 4.01. The summed E-state index contributed by atoms with van der Waals surface area (Å²) in [6.45, 7) is 1.13. The minimum absolute atomic E-state index is 0.00728. The van der Waals surface area contributed by atoms with Gasteiger partial charge in [0.25, 0.3) is 10.0 Å². The van der Waals surface area contributed by atoms with Gasteiger partial charge in [-0.25, -0.2) is 23.1 Å². The molecule has 1 aliphatic carbocycles. The Morgan fingerprint density at radius 3 is 2.86 bits per heavy atom. The first-order chi connectivity index (χ1) is 13.3. The Morgan fingerprint density at radius 2 is 2.14 bits per heavy atom. The highest BCUT2D eigenvalue weighted by Crippen LogP contribution is 2.40. The Kier molecular flexibility index (Phi) is 4.81. The zero-order valence-corrected chi connectivity index (χ0v) is 17.0. The molecule has 0 radical (unpaired) electrons. The van der Waals surface area contributed by atoms with Crippen LogP contribution in [0.15, 0.2) is 28.6 Å². The van der Waals surface area contributed by atoms with E-state index in [4.69, 9.17) is 11.6 Å². The molecule has 0 aliphatic heterocycles. The molecule has 3 aromatic rings. The average molecular weight is 439 g/mol. The quantitative estimate of drug-likeness (QED) is 0.539. The van der Waals surface area contributed by atoms with Gasteiger partial charge in [-0.1, -0.05) is 11.6 Å². The summed E-state index contributed by atoms with van der Waals surface area (Å²) in [5.41, 5.74) is 1.07. The van der Waals surface area contributed by atoms with Gasteiger partial charge in [-0.2, -0.15) is 5.10 Å². The first-order valence-corrected chi connectivity index (χ1v) is 11.0. The van der Waals surface area contributed by atoms with Crippen molar-refractivity contribution in [1.29, 1.82) is 0 Å². The van der Waals surface area contributed by atoms with E-state index in [9.17, 15) is 13.2 Å². The highest BCUT2D eigenvalue weighted by Gasteiger charge is 2.25. The molecule has 1 fully saturated rings. The van der Waals surface area contributed by atoms with Gasteiger partial charge in [-0.15, -0.1) is 11.3 Å². The summed E-state index contributed by atoms with van der Waals surface area (Å²) in [7, 11) is -3.91. The standard InChI is InChI=1S/C16H15ClN6O3S2/c1-8(24)23-28(25,26)14-5-4-12(27-14)16-18-7-10(17)15(20-16)19-13-6-11(21-22-13)9-2-3-9/h4-7,9H,2-3H2,1H3,(H,23,24)(H2,18,19,20,21,22). The van der Waals surface area contributed by atoms with E-state index in [1.165, 1.54) is 12.3 Å². The zero-order chi connectivity index (χ0) is 19.9. The Balaban J connectivity index is 1.59. The number of nitrogens with one attached hydrogen (secondary N) is 3. The molecule has 1 aliphatic rings. The van der Waals surface area contributed by atoms with Crippen LogP contribution in [0.4, 0.5) is 11.6 Å². The number of thiophene rings is 1. The summed E-state index contributed by atoms with van der Waals surface area (Å²) < 4.78 is 26.1. The van der Waals surface area contributed by atoms with Crippen molar-refractivity contribution in [3.8, 4) is 10.7 Å². The molecule has 3 N–H and O–H groups in total. The van der Waals surface area contributed by atoms with Crippen LogP contribution >= 0.6 is 22.9 Å². The van der Waals surface area contributed by atoms with Crippen molar-refractivity contribution < 1.29 is 13.2 Å². The lowest BCUT2D eigenvalue weighted by atomic mass is 10.3. The number of carbonyl (C=O) groups is 1. The molecule has 0 atom stereocenters. The lowest BCUT2D eigenvalue weighted by Crippen LogP contribution is -2.27. The van der Waals surface area contributed by atoms with Gasteiger partial charge in [0.2, 0.25) is 5.91 Å². The fraction of sp³-hybridized carbons (Fsp3) is 0.250. The first kappa shape index (κ1) is 18.8. The second kappa shape index (κ2) is 7.15. The van der Waals surface area contributed by atoms with Crippen LogP contribution in [-0.2, 0) is 14.8 Å². The number of aromatic amines is 1. The molecule has 1 amide bonds. The molecule has 4 rings (SSSR count). The monoisotopic (exact) mass is 438 g/mol. The van der Waals surface area contributed by atoms with Crippen LogP contribution in [-0.4, -0.2) is 34.5 Å². The van der Waals surface area contributed by atoms with Crippen LogP contribution in [0.1, 0.15) is 31.4 Å². The van der Waals surface area contributed by atoms with Crippen LogP contribution in [0.25, 0.3) is 10.7 Å². The molecular formula is C16H15ClN6O3S2. The number of rotatable bonds is 6. The van der Waals surface area contributed by atoms with E-state index in [0.29, 0.717) is 33.3 Å². The summed E-state index contributed by atoms with van der Waals surface area (Å²) in [6, 6.07) is 4.89. The van der Waals surface area contributed by atoms with Gasteiger partial charge in [0.05, 0.1) is 11.1 Å². The maximum atomic E-state index is 12.1. The number of nitrogens with zero attached hydrogens (tertiary/aromatic N) is 3. The van der Waals surface area contributed by atoms with Gasteiger partial charge in [0.15, 0.2) is 17.5 Å².